The van der Waals surface area contributed by atoms with Crippen LogP contribution in [-0.2, 0) is 23.8 Å². The van der Waals surface area contributed by atoms with E-state index in [4.69, 9.17) is 30.5 Å². The second-order valence-corrected chi connectivity index (χ2v) is 9.22. The summed E-state index contributed by atoms with van der Waals surface area (Å²) in [5, 5.41) is 0.492. The highest BCUT2D eigenvalue weighted by molar-refractivity contribution is 6.30. The third-order valence-electron chi connectivity index (χ3n) is 6.67. The molecule has 0 aromatic heterocycles. The van der Waals surface area contributed by atoms with E-state index in [0.29, 0.717) is 27.5 Å². The third-order valence-corrected chi connectivity index (χ3v) is 6.93. The van der Waals surface area contributed by atoms with Crippen LogP contribution >= 0.6 is 11.6 Å². The number of hydrogen-bond acceptors (Lipinski definition) is 7. The Bertz CT molecular complexity index is 1250. The number of carbonyl (C=O) groups is 3. The molecule has 3 aromatic rings. The molecule has 0 N–H and O–H groups in total. The molecule has 7 nitrogen and oxygen atoms in total. The zero-order valence-electron chi connectivity index (χ0n) is 21.4. The number of rotatable bonds is 9. The summed E-state index contributed by atoms with van der Waals surface area (Å²) in [6, 6.07) is 22.1. The Morgan fingerprint density at radius 2 is 1.37 bits per heavy atom. The van der Waals surface area contributed by atoms with Crippen molar-refractivity contribution in [1.29, 1.82) is 0 Å². The molecule has 198 valence electrons. The average Bonchev–Trinajstić information content (AvgIpc) is 3.31. The summed E-state index contributed by atoms with van der Waals surface area (Å²) >= 11 is 6.14. The average molecular weight is 537 g/mol. The number of carbonyl (C=O) groups excluding carboxylic acids is 3. The van der Waals surface area contributed by atoms with Crippen LogP contribution in [0.5, 0.6) is 5.75 Å². The molecule has 3 aromatic carbocycles. The van der Waals surface area contributed by atoms with Gasteiger partial charge in [0.05, 0.1) is 32.3 Å². The minimum atomic E-state index is -2.13. The van der Waals surface area contributed by atoms with E-state index in [1.807, 2.05) is 0 Å². The Balaban J connectivity index is 2.01. The zero-order chi connectivity index (χ0) is 27.3. The third kappa shape index (κ3) is 4.91. The fourth-order valence-electron chi connectivity index (χ4n) is 4.96. The summed E-state index contributed by atoms with van der Waals surface area (Å²) in [5.74, 6) is -2.93. The van der Waals surface area contributed by atoms with Crippen molar-refractivity contribution in [2.24, 2.45) is 11.3 Å². The van der Waals surface area contributed by atoms with Crippen LogP contribution in [0.4, 0.5) is 0 Å². The molecular weight excluding hydrogens is 508 g/mol. The molecule has 38 heavy (non-hydrogen) atoms. The van der Waals surface area contributed by atoms with Crippen molar-refractivity contribution in [3.8, 4) is 5.75 Å². The number of hydrogen-bond donors (Lipinski definition) is 0. The number of methoxy groups -OCH3 is 1. The molecule has 1 aliphatic heterocycles. The number of halogens is 1. The van der Waals surface area contributed by atoms with Gasteiger partial charge < -0.3 is 18.9 Å². The lowest BCUT2D eigenvalue weighted by atomic mass is 9.66. The fourth-order valence-corrected chi connectivity index (χ4v) is 5.08. The highest BCUT2D eigenvalue weighted by atomic mass is 35.5. The molecule has 1 aliphatic rings. The van der Waals surface area contributed by atoms with Crippen LogP contribution in [0.3, 0.4) is 0 Å². The van der Waals surface area contributed by atoms with Crippen molar-refractivity contribution in [2.75, 3.05) is 20.3 Å². The molecule has 0 aliphatic carbocycles. The van der Waals surface area contributed by atoms with E-state index >= 15 is 0 Å². The predicted molar refractivity (Wildman–Crippen MR) is 141 cm³/mol. The van der Waals surface area contributed by atoms with Crippen LogP contribution in [0.15, 0.2) is 78.9 Å². The molecular formula is C30H29ClO7. The zero-order valence-corrected chi connectivity index (χ0v) is 22.1. The summed E-state index contributed by atoms with van der Waals surface area (Å²) in [6.45, 7) is 3.26. The monoisotopic (exact) mass is 536 g/mol. The van der Waals surface area contributed by atoms with E-state index in [0.717, 1.165) is 0 Å². The van der Waals surface area contributed by atoms with E-state index in [1.165, 1.54) is 7.11 Å². The van der Waals surface area contributed by atoms with E-state index in [1.54, 1.807) is 92.7 Å². The molecule has 4 rings (SSSR count). The standard InChI is InChI=1S/C30H29ClO7/c1-4-36-28(33)30(29(34)37-5-2)24(25(32)19-9-7-6-8-10-19)26(20-11-15-22(31)16-12-20)38-27(30)21-13-17-23(35-3)18-14-21/h6-18,24,26-27H,4-5H2,1-3H3/t24-,26-,27+/m1/s1. The first-order valence-electron chi connectivity index (χ1n) is 12.4. The molecule has 1 fully saturated rings. The molecule has 1 saturated heterocycles. The van der Waals surface area contributed by atoms with Crippen molar-refractivity contribution in [3.05, 3.63) is 101 Å². The maximum absolute atomic E-state index is 14.3. The Morgan fingerprint density at radius 1 is 0.816 bits per heavy atom. The van der Waals surface area contributed by atoms with Crippen molar-refractivity contribution in [2.45, 2.75) is 26.1 Å². The van der Waals surface area contributed by atoms with Gasteiger partial charge in [-0.3, -0.25) is 14.4 Å². The van der Waals surface area contributed by atoms with Crippen LogP contribution in [0.1, 0.15) is 47.5 Å². The van der Waals surface area contributed by atoms with Crippen molar-refractivity contribution >= 4 is 29.3 Å². The lowest BCUT2D eigenvalue weighted by Gasteiger charge is -2.33. The molecule has 3 atom stereocenters. The van der Waals surface area contributed by atoms with Gasteiger partial charge in [0.15, 0.2) is 5.78 Å². The summed E-state index contributed by atoms with van der Waals surface area (Å²) < 4.78 is 22.8. The molecule has 0 saturated carbocycles. The number of Topliss-reactive ketones (excluding diaryl/α,β-unsaturated/α-hetero) is 1. The highest BCUT2D eigenvalue weighted by Gasteiger charge is 2.70. The van der Waals surface area contributed by atoms with Crippen molar-refractivity contribution in [3.63, 3.8) is 0 Å². The van der Waals surface area contributed by atoms with Gasteiger partial charge in [-0.1, -0.05) is 66.2 Å². The van der Waals surface area contributed by atoms with Gasteiger partial charge in [-0.2, -0.15) is 0 Å². The van der Waals surface area contributed by atoms with Gasteiger partial charge in [-0.25, -0.2) is 0 Å². The maximum atomic E-state index is 14.3. The van der Waals surface area contributed by atoms with Gasteiger partial charge in [-0.05, 0) is 49.2 Å². The van der Waals surface area contributed by atoms with Gasteiger partial charge in [-0.15, -0.1) is 0 Å². The van der Waals surface area contributed by atoms with Crippen molar-refractivity contribution < 1.29 is 33.3 Å². The topological polar surface area (TPSA) is 88.1 Å². The second-order valence-electron chi connectivity index (χ2n) is 8.78. The van der Waals surface area contributed by atoms with E-state index in [9.17, 15) is 14.4 Å². The fraction of sp³-hybridized carbons (Fsp3) is 0.300. The van der Waals surface area contributed by atoms with Crippen LogP contribution < -0.4 is 4.74 Å². The number of esters is 2. The SMILES string of the molecule is CCOC(=O)C1(C(=O)OCC)[C@H](C(=O)c2ccccc2)[C@@H](c2ccc(Cl)cc2)O[C@H]1c1ccc(OC)cc1. The minimum absolute atomic E-state index is 0.00677. The lowest BCUT2D eigenvalue weighted by molar-refractivity contribution is -0.178. The molecule has 0 bridgehead atoms. The smallest absolute Gasteiger partial charge is 0.327 e. The Morgan fingerprint density at radius 3 is 1.89 bits per heavy atom. The predicted octanol–water partition coefficient (Wildman–Crippen LogP) is 5.77. The minimum Gasteiger partial charge on any atom is -0.497 e. The van der Waals surface area contributed by atoms with Gasteiger partial charge in [0.1, 0.15) is 11.9 Å². The summed E-state index contributed by atoms with van der Waals surface area (Å²) in [7, 11) is 1.54. The first kappa shape index (κ1) is 27.4. The largest absolute Gasteiger partial charge is 0.497 e. The first-order valence-corrected chi connectivity index (χ1v) is 12.7. The number of benzene rings is 3. The quantitative estimate of drug-likeness (QED) is 0.195. The Hall–Kier alpha value is -3.68. The summed E-state index contributed by atoms with van der Waals surface area (Å²) in [6.07, 6.45) is -2.18. The Kier molecular flexibility index (Phi) is 8.49. The van der Waals surface area contributed by atoms with Gasteiger partial charge in [0, 0.05) is 10.6 Å². The summed E-state index contributed by atoms with van der Waals surface area (Å²) in [4.78, 5) is 42.2. The van der Waals surface area contributed by atoms with Crippen molar-refractivity contribution in [1.82, 2.24) is 0 Å². The molecule has 8 heteroatoms. The summed E-state index contributed by atoms with van der Waals surface area (Å²) in [5.41, 5.74) is -0.724. The highest BCUT2D eigenvalue weighted by Crippen LogP contribution is 2.59. The second kappa shape index (κ2) is 11.8. The van der Waals surface area contributed by atoms with E-state index < -0.39 is 41.3 Å². The van der Waals surface area contributed by atoms with Crippen LogP contribution in [0.2, 0.25) is 5.02 Å². The molecule has 0 amide bonds. The van der Waals surface area contributed by atoms with E-state index in [-0.39, 0.29) is 13.2 Å². The molecule has 0 radical (unpaired) electrons. The molecule has 1 heterocycles. The van der Waals surface area contributed by atoms with Gasteiger partial charge in [0.2, 0.25) is 5.41 Å². The Labute approximate surface area is 226 Å². The molecule has 0 unspecified atom stereocenters. The van der Waals surface area contributed by atoms with Gasteiger partial charge in [0.25, 0.3) is 0 Å². The van der Waals surface area contributed by atoms with Gasteiger partial charge >= 0.3 is 11.9 Å². The van der Waals surface area contributed by atoms with Crippen LogP contribution in [-0.4, -0.2) is 38.0 Å². The number of ether oxygens (including phenoxy) is 4. The van der Waals surface area contributed by atoms with Crippen LogP contribution in [0, 0.1) is 11.3 Å². The molecule has 0 spiro atoms. The van der Waals surface area contributed by atoms with E-state index in [2.05, 4.69) is 0 Å². The van der Waals surface area contributed by atoms with Crippen LogP contribution in [0.25, 0.3) is 0 Å². The maximum Gasteiger partial charge on any atom is 0.327 e. The lowest BCUT2D eigenvalue weighted by Crippen LogP contribution is -2.51. The first-order chi connectivity index (χ1) is 18.4. The number of ketones is 1. The normalized spacial score (nSPS) is 19.9.